The molecule has 8 heteroatoms. The molecule has 6 N–H and O–H groups in total. The van der Waals surface area contributed by atoms with Gasteiger partial charge in [0.1, 0.15) is 6.10 Å². The molecule has 1 aromatic carbocycles. The van der Waals surface area contributed by atoms with Crippen LogP contribution in [0.3, 0.4) is 0 Å². The van der Waals surface area contributed by atoms with Crippen molar-refractivity contribution in [1.29, 1.82) is 0 Å². The van der Waals surface area contributed by atoms with Gasteiger partial charge in [-0.05, 0) is 37.1 Å². The zero-order valence-electron chi connectivity index (χ0n) is 10.7. The third-order valence-electron chi connectivity index (χ3n) is 2.63. The van der Waals surface area contributed by atoms with Crippen molar-refractivity contribution in [2.75, 3.05) is 12.3 Å². The molecule has 0 saturated carbocycles. The smallest absolute Gasteiger partial charge is 0.247 e. The Morgan fingerprint density at radius 1 is 1.42 bits per heavy atom. The summed E-state index contributed by atoms with van der Waals surface area (Å²) in [4.78, 5) is 10.7. The molecule has 0 aliphatic rings. The maximum Gasteiger partial charge on any atom is 0.247 e. The molecule has 0 fully saturated rings. The van der Waals surface area contributed by atoms with Crippen molar-refractivity contribution in [2.24, 2.45) is 5.73 Å². The van der Waals surface area contributed by atoms with Crippen LogP contribution < -0.4 is 16.2 Å². The van der Waals surface area contributed by atoms with Crippen LogP contribution >= 0.6 is 0 Å². The fourth-order valence-corrected chi connectivity index (χ4v) is 2.89. The van der Waals surface area contributed by atoms with Gasteiger partial charge in [0, 0.05) is 12.2 Å². The fraction of sp³-hybridized carbons (Fsp3) is 0.364. The number of hydrogen-bond donors (Lipinski definition) is 4. The zero-order chi connectivity index (χ0) is 14.8. The summed E-state index contributed by atoms with van der Waals surface area (Å²) in [6, 6.07) is 3.12. The number of carbonyl (C=O) groups is 1. The van der Waals surface area contributed by atoms with Gasteiger partial charge < -0.3 is 16.6 Å². The predicted molar refractivity (Wildman–Crippen MR) is 70.7 cm³/mol. The van der Waals surface area contributed by atoms with Gasteiger partial charge in [0.15, 0.2) is 0 Å². The van der Waals surface area contributed by atoms with Gasteiger partial charge in [-0.3, -0.25) is 4.79 Å². The number of aliphatic hydroxyl groups excluding tert-OH is 1. The number of aliphatic hydroxyl groups is 1. The minimum atomic E-state index is -3.86. The molecule has 0 aliphatic heterocycles. The first kappa shape index (κ1) is 15.4. The average Bonchev–Trinajstić information content (AvgIpc) is 2.30. The van der Waals surface area contributed by atoms with Gasteiger partial charge in [-0.15, -0.1) is 0 Å². The molecule has 1 amide bonds. The second kappa shape index (κ2) is 5.55. The van der Waals surface area contributed by atoms with Crippen molar-refractivity contribution >= 4 is 21.6 Å². The van der Waals surface area contributed by atoms with E-state index in [1.54, 1.807) is 19.9 Å². The Labute approximate surface area is 111 Å². The van der Waals surface area contributed by atoms with Crippen molar-refractivity contribution in [3.8, 4) is 0 Å². The van der Waals surface area contributed by atoms with E-state index in [9.17, 15) is 18.3 Å². The SMILES string of the molecule is Cc1cc(N)c(C)c(S(=O)(=O)NCC(O)C(N)=O)c1. The van der Waals surface area contributed by atoms with Crippen LogP contribution in [0.5, 0.6) is 0 Å². The van der Waals surface area contributed by atoms with Gasteiger partial charge in [0.05, 0.1) is 4.90 Å². The Morgan fingerprint density at radius 2 is 2.00 bits per heavy atom. The Balaban J connectivity index is 3.05. The van der Waals surface area contributed by atoms with Crippen molar-refractivity contribution in [2.45, 2.75) is 24.8 Å². The second-order valence-corrected chi connectivity index (χ2v) is 5.98. The molecule has 0 heterocycles. The molecule has 0 saturated heterocycles. The number of primary amides is 1. The number of nitrogens with two attached hydrogens (primary N) is 2. The van der Waals surface area contributed by atoms with Crippen LogP contribution in [0.4, 0.5) is 5.69 Å². The van der Waals surface area contributed by atoms with Crippen LogP contribution in [0, 0.1) is 13.8 Å². The summed E-state index contributed by atoms with van der Waals surface area (Å²) in [6.07, 6.45) is -1.57. The molecule has 0 radical (unpaired) electrons. The number of nitrogens with one attached hydrogen (secondary N) is 1. The normalized spacial score (nSPS) is 13.2. The number of sulfonamides is 1. The van der Waals surface area contributed by atoms with Crippen LogP contribution in [0.25, 0.3) is 0 Å². The number of benzene rings is 1. The minimum absolute atomic E-state index is 0.0154. The number of hydrogen-bond acceptors (Lipinski definition) is 5. The molecule has 1 atom stereocenters. The summed E-state index contributed by atoms with van der Waals surface area (Å²) in [6.45, 7) is 2.81. The quantitative estimate of drug-likeness (QED) is 0.516. The average molecular weight is 287 g/mol. The first-order valence-electron chi connectivity index (χ1n) is 5.49. The van der Waals surface area contributed by atoms with Crippen LogP contribution in [-0.2, 0) is 14.8 Å². The monoisotopic (exact) mass is 287 g/mol. The number of aryl methyl sites for hydroxylation is 1. The number of anilines is 1. The molecule has 0 aliphatic carbocycles. The first-order chi connectivity index (χ1) is 8.65. The molecular formula is C11H17N3O4S. The van der Waals surface area contributed by atoms with Gasteiger partial charge in [-0.2, -0.15) is 0 Å². The second-order valence-electron chi connectivity index (χ2n) is 4.25. The van der Waals surface area contributed by atoms with Crippen LogP contribution in [0.2, 0.25) is 0 Å². The number of carbonyl (C=O) groups excluding carboxylic acids is 1. The lowest BCUT2D eigenvalue weighted by Gasteiger charge is -2.13. The van der Waals surface area contributed by atoms with Crippen molar-refractivity contribution < 1.29 is 18.3 Å². The van der Waals surface area contributed by atoms with Crippen LogP contribution in [0.15, 0.2) is 17.0 Å². The Bertz CT molecular complexity index is 598. The van der Waals surface area contributed by atoms with Gasteiger partial charge in [0.2, 0.25) is 15.9 Å². The summed E-state index contributed by atoms with van der Waals surface area (Å²) in [5, 5.41) is 9.19. The Hall–Kier alpha value is -1.64. The highest BCUT2D eigenvalue weighted by Gasteiger charge is 2.21. The molecule has 7 nitrogen and oxygen atoms in total. The Kier molecular flexibility index (Phi) is 4.51. The lowest BCUT2D eigenvalue weighted by molar-refractivity contribution is -0.125. The summed E-state index contributed by atoms with van der Waals surface area (Å²) in [5.74, 6) is -0.997. The van der Waals surface area contributed by atoms with Crippen molar-refractivity contribution in [3.05, 3.63) is 23.3 Å². The van der Waals surface area contributed by atoms with Gasteiger partial charge in [0.25, 0.3) is 0 Å². The molecular weight excluding hydrogens is 270 g/mol. The lowest BCUT2D eigenvalue weighted by Crippen LogP contribution is -2.40. The molecule has 0 spiro atoms. The predicted octanol–water partition coefficient (Wildman–Crippen LogP) is -0.990. The van der Waals surface area contributed by atoms with E-state index >= 15 is 0 Å². The maximum absolute atomic E-state index is 12.1. The topological polar surface area (TPSA) is 136 Å². The highest BCUT2D eigenvalue weighted by Crippen LogP contribution is 2.22. The molecule has 0 aromatic heterocycles. The molecule has 106 valence electrons. The minimum Gasteiger partial charge on any atom is -0.398 e. The summed E-state index contributed by atoms with van der Waals surface area (Å²) in [5.41, 5.74) is 12.0. The van der Waals surface area contributed by atoms with E-state index in [4.69, 9.17) is 11.5 Å². The van der Waals surface area contributed by atoms with E-state index in [0.29, 0.717) is 16.8 Å². The third-order valence-corrected chi connectivity index (χ3v) is 4.18. The highest BCUT2D eigenvalue weighted by molar-refractivity contribution is 7.89. The van der Waals surface area contributed by atoms with Crippen LogP contribution in [-0.4, -0.2) is 32.1 Å². The van der Waals surface area contributed by atoms with E-state index in [-0.39, 0.29) is 4.90 Å². The van der Waals surface area contributed by atoms with Crippen LogP contribution in [0.1, 0.15) is 11.1 Å². The number of amides is 1. The van der Waals surface area contributed by atoms with E-state index in [1.807, 2.05) is 0 Å². The van der Waals surface area contributed by atoms with Gasteiger partial charge in [-0.25, -0.2) is 13.1 Å². The lowest BCUT2D eigenvalue weighted by atomic mass is 10.1. The zero-order valence-corrected chi connectivity index (χ0v) is 11.5. The molecule has 1 aromatic rings. The molecule has 19 heavy (non-hydrogen) atoms. The van der Waals surface area contributed by atoms with Crippen molar-refractivity contribution in [1.82, 2.24) is 4.72 Å². The molecule has 1 unspecified atom stereocenters. The van der Waals surface area contributed by atoms with Gasteiger partial charge >= 0.3 is 0 Å². The molecule has 0 bridgehead atoms. The summed E-state index contributed by atoms with van der Waals surface area (Å²) in [7, 11) is -3.86. The number of rotatable bonds is 5. The summed E-state index contributed by atoms with van der Waals surface area (Å²) >= 11 is 0. The van der Waals surface area contributed by atoms with E-state index in [1.165, 1.54) is 6.07 Å². The summed E-state index contributed by atoms with van der Waals surface area (Å²) < 4.78 is 26.2. The van der Waals surface area contributed by atoms with E-state index < -0.39 is 28.6 Å². The number of nitrogen functional groups attached to an aromatic ring is 1. The third kappa shape index (κ3) is 3.66. The first-order valence-corrected chi connectivity index (χ1v) is 6.97. The maximum atomic E-state index is 12.1. The fourth-order valence-electron chi connectivity index (χ4n) is 1.50. The van der Waals surface area contributed by atoms with E-state index in [2.05, 4.69) is 4.72 Å². The Morgan fingerprint density at radius 3 is 2.53 bits per heavy atom. The highest BCUT2D eigenvalue weighted by atomic mass is 32.2. The van der Waals surface area contributed by atoms with Crippen molar-refractivity contribution in [3.63, 3.8) is 0 Å². The standard InChI is InChI=1S/C11H17N3O4S/c1-6-3-8(12)7(2)10(4-6)19(17,18)14-5-9(15)11(13)16/h3-4,9,14-15H,5,12H2,1-2H3,(H2,13,16). The largest absolute Gasteiger partial charge is 0.398 e. The molecule has 1 rings (SSSR count). The van der Waals surface area contributed by atoms with Gasteiger partial charge in [-0.1, -0.05) is 0 Å². The van der Waals surface area contributed by atoms with E-state index in [0.717, 1.165) is 0 Å².